The molecule has 3 rings (SSSR count). The standard InChI is InChI=1S/C19H25N/c1-2-13-20-19-10-6-5-9-18(19)17-12-11-15-7-3-4-8-16(15)14-17/h3-4,7-8,11-12,14,18-20H,2,5-6,9-10,13H2,1H3. The van der Waals surface area contributed by atoms with Crippen molar-refractivity contribution in [3.8, 4) is 0 Å². The van der Waals surface area contributed by atoms with Crippen molar-refractivity contribution in [3.05, 3.63) is 48.0 Å². The van der Waals surface area contributed by atoms with Crippen LogP contribution in [0.5, 0.6) is 0 Å². The lowest BCUT2D eigenvalue weighted by molar-refractivity contribution is 0.328. The topological polar surface area (TPSA) is 12.0 Å². The molecule has 20 heavy (non-hydrogen) atoms. The molecule has 1 N–H and O–H groups in total. The summed E-state index contributed by atoms with van der Waals surface area (Å²) in [5.74, 6) is 0.694. The zero-order valence-electron chi connectivity index (χ0n) is 12.4. The number of nitrogens with one attached hydrogen (secondary N) is 1. The summed E-state index contributed by atoms with van der Waals surface area (Å²) in [5.41, 5.74) is 1.53. The summed E-state index contributed by atoms with van der Waals surface area (Å²) >= 11 is 0. The van der Waals surface area contributed by atoms with Crippen molar-refractivity contribution in [1.82, 2.24) is 5.32 Å². The zero-order chi connectivity index (χ0) is 13.8. The molecule has 2 atom stereocenters. The highest BCUT2D eigenvalue weighted by molar-refractivity contribution is 5.83. The molecule has 1 saturated carbocycles. The van der Waals surface area contributed by atoms with Crippen LogP contribution in [0.4, 0.5) is 0 Å². The maximum atomic E-state index is 3.77. The van der Waals surface area contributed by atoms with E-state index >= 15 is 0 Å². The fourth-order valence-corrected chi connectivity index (χ4v) is 3.54. The monoisotopic (exact) mass is 267 g/mol. The summed E-state index contributed by atoms with van der Waals surface area (Å²) in [6, 6.07) is 16.4. The Morgan fingerprint density at radius 3 is 2.65 bits per heavy atom. The minimum atomic E-state index is 0.671. The van der Waals surface area contributed by atoms with Gasteiger partial charge in [-0.15, -0.1) is 0 Å². The number of rotatable bonds is 4. The molecular formula is C19H25N. The third-order valence-electron chi connectivity index (χ3n) is 4.62. The van der Waals surface area contributed by atoms with Gasteiger partial charge in [-0.1, -0.05) is 62.2 Å². The highest BCUT2D eigenvalue weighted by atomic mass is 14.9. The molecule has 0 aromatic heterocycles. The van der Waals surface area contributed by atoms with Crippen LogP contribution in [0, 0.1) is 0 Å². The normalized spacial score (nSPS) is 23.1. The number of fused-ring (bicyclic) bond motifs is 1. The lowest BCUT2D eigenvalue weighted by Gasteiger charge is -2.33. The van der Waals surface area contributed by atoms with Crippen LogP contribution in [0.1, 0.15) is 50.5 Å². The molecule has 0 amide bonds. The van der Waals surface area contributed by atoms with Crippen LogP contribution < -0.4 is 5.32 Å². The van der Waals surface area contributed by atoms with Gasteiger partial charge in [-0.3, -0.25) is 0 Å². The van der Waals surface area contributed by atoms with Gasteiger partial charge in [0.25, 0.3) is 0 Å². The van der Waals surface area contributed by atoms with Crippen LogP contribution in [0.2, 0.25) is 0 Å². The highest BCUT2D eigenvalue weighted by Gasteiger charge is 2.25. The van der Waals surface area contributed by atoms with E-state index in [1.807, 2.05) is 0 Å². The third-order valence-corrected chi connectivity index (χ3v) is 4.62. The smallest absolute Gasteiger partial charge is 0.0136 e. The van der Waals surface area contributed by atoms with Gasteiger partial charge >= 0.3 is 0 Å². The van der Waals surface area contributed by atoms with E-state index in [-0.39, 0.29) is 0 Å². The van der Waals surface area contributed by atoms with Gasteiger partial charge in [0.2, 0.25) is 0 Å². The number of hydrogen-bond donors (Lipinski definition) is 1. The second kappa shape index (κ2) is 6.41. The van der Waals surface area contributed by atoms with Crippen LogP contribution in [0.3, 0.4) is 0 Å². The minimum Gasteiger partial charge on any atom is -0.313 e. The first-order valence-corrected chi connectivity index (χ1v) is 8.10. The molecule has 1 aliphatic rings. The second-order valence-corrected chi connectivity index (χ2v) is 6.06. The van der Waals surface area contributed by atoms with Gasteiger partial charge in [-0.25, -0.2) is 0 Å². The SMILES string of the molecule is CCCNC1CCCCC1c1ccc2ccccc2c1. The molecule has 2 unspecified atom stereocenters. The zero-order valence-corrected chi connectivity index (χ0v) is 12.4. The summed E-state index contributed by atoms with van der Waals surface area (Å²) in [5, 5.41) is 6.50. The molecule has 1 fully saturated rings. The largest absolute Gasteiger partial charge is 0.313 e. The van der Waals surface area contributed by atoms with Gasteiger partial charge in [-0.2, -0.15) is 0 Å². The predicted octanol–water partition coefficient (Wildman–Crippen LogP) is 4.87. The first-order valence-electron chi connectivity index (χ1n) is 8.10. The Balaban J connectivity index is 1.86. The van der Waals surface area contributed by atoms with E-state index in [1.54, 1.807) is 0 Å². The molecule has 0 bridgehead atoms. The van der Waals surface area contributed by atoms with Crippen LogP contribution in [0.15, 0.2) is 42.5 Å². The van der Waals surface area contributed by atoms with Crippen LogP contribution in [-0.4, -0.2) is 12.6 Å². The van der Waals surface area contributed by atoms with Crippen molar-refractivity contribution in [2.45, 2.75) is 51.0 Å². The fourth-order valence-electron chi connectivity index (χ4n) is 3.54. The molecule has 0 saturated heterocycles. The Morgan fingerprint density at radius 1 is 1.00 bits per heavy atom. The van der Waals surface area contributed by atoms with Gasteiger partial charge < -0.3 is 5.32 Å². The first-order chi connectivity index (χ1) is 9.88. The van der Waals surface area contributed by atoms with E-state index in [4.69, 9.17) is 0 Å². The second-order valence-electron chi connectivity index (χ2n) is 6.06. The number of benzene rings is 2. The lowest BCUT2D eigenvalue weighted by atomic mass is 9.79. The average molecular weight is 267 g/mol. The fraction of sp³-hybridized carbons (Fsp3) is 0.474. The van der Waals surface area contributed by atoms with Crippen molar-refractivity contribution < 1.29 is 0 Å². The quantitative estimate of drug-likeness (QED) is 0.833. The Morgan fingerprint density at radius 2 is 1.80 bits per heavy atom. The van der Waals surface area contributed by atoms with Crippen molar-refractivity contribution in [3.63, 3.8) is 0 Å². The summed E-state index contributed by atoms with van der Waals surface area (Å²) in [6.07, 6.45) is 6.64. The van der Waals surface area contributed by atoms with Gasteiger partial charge in [0.15, 0.2) is 0 Å². The van der Waals surface area contributed by atoms with Gasteiger partial charge in [-0.05, 0) is 48.1 Å². The lowest BCUT2D eigenvalue weighted by Crippen LogP contribution is -2.37. The molecule has 1 aliphatic carbocycles. The molecule has 0 radical (unpaired) electrons. The maximum absolute atomic E-state index is 3.77. The Kier molecular flexibility index (Phi) is 4.37. The van der Waals surface area contributed by atoms with Crippen molar-refractivity contribution >= 4 is 10.8 Å². The molecule has 2 aromatic rings. The molecule has 1 heteroatoms. The molecule has 1 nitrogen and oxygen atoms in total. The Hall–Kier alpha value is -1.34. The summed E-state index contributed by atoms with van der Waals surface area (Å²) in [7, 11) is 0. The summed E-state index contributed by atoms with van der Waals surface area (Å²) in [6.45, 7) is 3.40. The van der Waals surface area contributed by atoms with Crippen molar-refractivity contribution in [1.29, 1.82) is 0 Å². The van der Waals surface area contributed by atoms with Crippen molar-refractivity contribution in [2.24, 2.45) is 0 Å². The predicted molar refractivity (Wildman–Crippen MR) is 87.2 cm³/mol. The van der Waals surface area contributed by atoms with E-state index in [0.717, 1.165) is 6.54 Å². The number of hydrogen-bond acceptors (Lipinski definition) is 1. The highest BCUT2D eigenvalue weighted by Crippen LogP contribution is 2.34. The van der Waals surface area contributed by atoms with Gasteiger partial charge in [0.05, 0.1) is 0 Å². The van der Waals surface area contributed by atoms with E-state index < -0.39 is 0 Å². The molecule has 0 heterocycles. The van der Waals surface area contributed by atoms with E-state index in [1.165, 1.54) is 48.4 Å². The molecule has 0 spiro atoms. The van der Waals surface area contributed by atoms with Crippen LogP contribution >= 0.6 is 0 Å². The molecule has 106 valence electrons. The van der Waals surface area contributed by atoms with E-state index in [9.17, 15) is 0 Å². The molecule has 2 aromatic carbocycles. The minimum absolute atomic E-state index is 0.671. The summed E-state index contributed by atoms with van der Waals surface area (Å²) in [4.78, 5) is 0. The third kappa shape index (κ3) is 2.88. The van der Waals surface area contributed by atoms with Crippen LogP contribution in [0.25, 0.3) is 10.8 Å². The van der Waals surface area contributed by atoms with Crippen LogP contribution in [-0.2, 0) is 0 Å². The Bertz CT molecular complexity index is 560. The maximum Gasteiger partial charge on any atom is 0.0136 e. The Labute approximate surface area is 122 Å². The van der Waals surface area contributed by atoms with Gasteiger partial charge in [0.1, 0.15) is 0 Å². The van der Waals surface area contributed by atoms with E-state index in [2.05, 4.69) is 54.7 Å². The van der Waals surface area contributed by atoms with E-state index in [0.29, 0.717) is 12.0 Å². The van der Waals surface area contributed by atoms with Gasteiger partial charge in [0, 0.05) is 6.04 Å². The van der Waals surface area contributed by atoms with Crippen molar-refractivity contribution in [2.75, 3.05) is 6.54 Å². The summed E-state index contributed by atoms with van der Waals surface area (Å²) < 4.78 is 0. The first kappa shape index (κ1) is 13.6. The molecule has 0 aliphatic heterocycles. The molecular weight excluding hydrogens is 242 g/mol. The average Bonchev–Trinajstić information content (AvgIpc) is 2.53.